The second kappa shape index (κ2) is 10.8. The number of thioether (sulfide) groups is 1. The molecule has 0 unspecified atom stereocenters. The molecule has 1 amide bonds. The third-order valence-electron chi connectivity index (χ3n) is 4.71. The van der Waals surface area contributed by atoms with E-state index in [1.54, 1.807) is 11.3 Å². The van der Waals surface area contributed by atoms with Gasteiger partial charge in [-0.15, -0.1) is 21.5 Å². The summed E-state index contributed by atoms with van der Waals surface area (Å²) in [4.78, 5) is 13.6. The van der Waals surface area contributed by atoms with Crippen molar-refractivity contribution in [3.05, 3.63) is 93.1 Å². The number of rotatable bonds is 9. The van der Waals surface area contributed by atoms with Crippen molar-refractivity contribution in [3.63, 3.8) is 0 Å². The maximum atomic E-state index is 14.0. The molecule has 0 radical (unpaired) electrons. The van der Waals surface area contributed by atoms with Crippen LogP contribution in [0.2, 0.25) is 5.02 Å². The first-order chi connectivity index (χ1) is 15.6. The van der Waals surface area contributed by atoms with Crippen molar-refractivity contribution in [2.24, 2.45) is 0 Å². The molecule has 0 atom stereocenters. The van der Waals surface area contributed by atoms with Crippen molar-refractivity contribution < 1.29 is 9.18 Å². The minimum Gasteiger partial charge on any atom is -0.323 e. The topological polar surface area (TPSA) is 59.8 Å². The Morgan fingerprint density at radius 2 is 1.97 bits per heavy atom. The minimum absolute atomic E-state index is 0.0878. The Morgan fingerprint density at radius 1 is 1.12 bits per heavy atom. The van der Waals surface area contributed by atoms with Crippen molar-refractivity contribution in [3.8, 4) is 0 Å². The quantitative estimate of drug-likeness (QED) is 0.308. The number of aromatic nitrogens is 3. The van der Waals surface area contributed by atoms with Crippen molar-refractivity contribution in [2.45, 2.75) is 24.5 Å². The van der Waals surface area contributed by atoms with E-state index >= 15 is 0 Å². The fourth-order valence-corrected chi connectivity index (χ4v) is 4.79. The Hall–Kier alpha value is -2.68. The van der Waals surface area contributed by atoms with E-state index in [1.807, 2.05) is 29.6 Å². The molecule has 4 aromatic rings. The highest BCUT2D eigenvalue weighted by Gasteiger charge is 2.16. The molecule has 0 aliphatic heterocycles. The molecular formula is C23H20ClFN4OS2. The van der Waals surface area contributed by atoms with Gasteiger partial charge < -0.3 is 9.88 Å². The largest absolute Gasteiger partial charge is 0.323 e. The molecule has 164 valence electrons. The summed E-state index contributed by atoms with van der Waals surface area (Å²) in [5.41, 5.74) is 1.32. The van der Waals surface area contributed by atoms with E-state index in [4.69, 9.17) is 11.6 Å². The molecule has 2 aromatic heterocycles. The summed E-state index contributed by atoms with van der Waals surface area (Å²) in [5.74, 6) is 0.0497. The second-order valence-corrected chi connectivity index (χ2v) is 9.41. The van der Waals surface area contributed by atoms with Gasteiger partial charge in [0.05, 0.1) is 11.4 Å². The second-order valence-electron chi connectivity index (χ2n) is 7.00. The highest BCUT2D eigenvalue weighted by molar-refractivity contribution is 7.99. The van der Waals surface area contributed by atoms with Gasteiger partial charge in [-0.05, 0) is 41.6 Å². The van der Waals surface area contributed by atoms with Gasteiger partial charge in [0.2, 0.25) is 5.91 Å². The monoisotopic (exact) mass is 486 g/mol. The van der Waals surface area contributed by atoms with Crippen LogP contribution >= 0.6 is 34.7 Å². The number of benzene rings is 2. The third kappa shape index (κ3) is 5.97. The van der Waals surface area contributed by atoms with Gasteiger partial charge in [0.25, 0.3) is 0 Å². The van der Waals surface area contributed by atoms with Crippen LogP contribution in [0, 0.1) is 5.82 Å². The van der Waals surface area contributed by atoms with Crippen LogP contribution in [0.25, 0.3) is 0 Å². The molecule has 1 N–H and O–H groups in total. The fraction of sp³-hybridized carbons (Fsp3) is 0.174. The summed E-state index contributed by atoms with van der Waals surface area (Å²) in [6.07, 6.45) is 1.51. The Morgan fingerprint density at radius 3 is 2.72 bits per heavy atom. The molecule has 0 bridgehead atoms. The van der Waals surface area contributed by atoms with E-state index in [-0.39, 0.29) is 22.4 Å². The number of hydrogen-bond acceptors (Lipinski definition) is 5. The van der Waals surface area contributed by atoms with Crippen LogP contribution in [0.3, 0.4) is 0 Å². The number of thiophene rings is 1. The van der Waals surface area contributed by atoms with Crippen LogP contribution in [0.5, 0.6) is 0 Å². The first-order valence-corrected chi connectivity index (χ1v) is 12.2. The van der Waals surface area contributed by atoms with Gasteiger partial charge in [-0.25, -0.2) is 4.39 Å². The average molecular weight is 487 g/mol. The van der Waals surface area contributed by atoms with Gasteiger partial charge in [-0.2, -0.15) is 0 Å². The highest BCUT2D eigenvalue weighted by atomic mass is 35.5. The molecule has 9 heteroatoms. The lowest BCUT2D eigenvalue weighted by atomic mass is 10.1. The van der Waals surface area contributed by atoms with Crippen molar-refractivity contribution >= 4 is 46.3 Å². The Bertz CT molecular complexity index is 1180. The van der Waals surface area contributed by atoms with E-state index in [0.717, 1.165) is 12.2 Å². The smallest absolute Gasteiger partial charge is 0.234 e. The first-order valence-electron chi connectivity index (χ1n) is 9.94. The van der Waals surface area contributed by atoms with Gasteiger partial charge >= 0.3 is 0 Å². The van der Waals surface area contributed by atoms with E-state index in [1.165, 1.54) is 40.4 Å². The van der Waals surface area contributed by atoms with Crippen molar-refractivity contribution in [1.82, 2.24) is 14.8 Å². The molecule has 0 saturated heterocycles. The Balaban J connectivity index is 1.45. The standard InChI is InChI=1S/C23H20ClFN4OS2/c24-17-8-9-20(19(25)13-17)26-22(30)15-32-23-28-27-21(14-18-7-4-12-31-18)29(23)11-10-16-5-2-1-3-6-16/h1-9,12-13H,10-11,14-15H2,(H,26,30). The summed E-state index contributed by atoms with van der Waals surface area (Å²) < 4.78 is 16.0. The molecule has 0 spiro atoms. The molecule has 5 nitrogen and oxygen atoms in total. The van der Waals surface area contributed by atoms with Crippen LogP contribution in [0.15, 0.2) is 71.2 Å². The molecule has 2 aromatic carbocycles. The van der Waals surface area contributed by atoms with Crippen LogP contribution < -0.4 is 5.32 Å². The maximum absolute atomic E-state index is 14.0. The predicted octanol–water partition coefficient (Wildman–Crippen LogP) is 5.70. The van der Waals surface area contributed by atoms with Crippen LogP contribution in [0.4, 0.5) is 10.1 Å². The van der Waals surface area contributed by atoms with E-state index in [2.05, 4.69) is 38.3 Å². The Labute approximate surface area is 198 Å². The van der Waals surface area contributed by atoms with E-state index in [0.29, 0.717) is 18.1 Å². The van der Waals surface area contributed by atoms with Crippen LogP contribution in [0.1, 0.15) is 16.3 Å². The summed E-state index contributed by atoms with van der Waals surface area (Å²) in [7, 11) is 0. The number of hydrogen-bond donors (Lipinski definition) is 1. The summed E-state index contributed by atoms with van der Waals surface area (Å²) in [6, 6.07) is 18.4. The Kier molecular flexibility index (Phi) is 7.57. The maximum Gasteiger partial charge on any atom is 0.234 e. The van der Waals surface area contributed by atoms with Gasteiger partial charge in [-0.1, -0.05) is 59.8 Å². The van der Waals surface area contributed by atoms with Crippen molar-refractivity contribution in [2.75, 3.05) is 11.1 Å². The zero-order chi connectivity index (χ0) is 22.3. The number of carbonyl (C=O) groups excluding carboxylic acids is 1. The molecule has 0 aliphatic carbocycles. The van der Waals surface area contributed by atoms with Gasteiger partial charge in [-0.3, -0.25) is 4.79 Å². The minimum atomic E-state index is -0.569. The molecular weight excluding hydrogens is 467 g/mol. The fourth-order valence-electron chi connectivity index (χ4n) is 3.14. The van der Waals surface area contributed by atoms with Crippen molar-refractivity contribution in [1.29, 1.82) is 0 Å². The SMILES string of the molecule is O=C(CSc1nnc(Cc2cccs2)n1CCc1ccccc1)Nc1ccc(Cl)cc1F. The van der Waals surface area contributed by atoms with E-state index < -0.39 is 5.82 Å². The third-order valence-corrected chi connectivity index (χ3v) is 6.79. The number of aryl methyl sites for hydroxylation is 1. The predicted molar refractivity (Wildman–Crippen MR) is 128 cm³/mol. The zero-order valence-corrected chi connectivity index (χ0v) is 19.4. The number of nitrogens with zero attached hydrogens (tertiary/aromatic N) is 3. The number of carbonyl (C=O) groups is 1. The lowest BCUT2D eigenvalue weighted by molar-refractivity contribution is -0.113. The summed E-state index contributed by atoms with van der Waals surface area (Å²) in [6.45, 7) is 0.702. The first kappa shape index (κ1) is 22.5. The summed E-state index contributed by atoms with van der Waals surface area (Å²) >= 11 is 8.72. The lowest BCUT2D eigenvalue weighted by Crippen LogP contribution is -2.16. The van der Waals surface area contributed by atoms with Gasteiger partial charge in [0.1, 0.15) is 11.6 Å². The number of anilines is 1. The molecule has 0 aliphatic rings. The normalized spacial score (nSPS) is 10.9. The van der Waals surface area contributed by atoms with Gasteiger partial charge in [0.15, 0.2) is 5.16 Å². The molecule has 32 heavy (non-hydrogen) atoms. The molecule has 0 saturated carbocycles. The van der Waals surface area contributed by atoms with Gasteiger partial charge in [0, 0.05) is 22.9 Å². The van der Waals surface area contributed by atoms with Crippen LogP contribution in [-0.4, -0.2) is 26.4 Å². The number of nitrogens with one attached hydrogen (secondary N) is 1. The zero-order valence-electron chi connectivity index (χ0n) is 17.0. The number of amides is 1. The summed E-state index contributed by atoms with van der Waals surface area (Å²) in [5, 5.41) is 14.3. The highest BCUT2D eigenvalue weighted by Crippen LogP contribution is 2.23. The lowest BCUT2D eigenvalue weighted by Gasteiger charge is -2.10. The number of halogens is 2. The van der Waals surface area contributed by atoms with E-state index in [9.17, 15) is 9.18 Å². The molecule has 4 rings (SSSR count). The average Bonchev–Trinajstić information content (AvgIpc) is 3.44. The molecule has 2 heterocycles. The molecule has 0 fully saturated rings. The van der Waals surface area contributed by atoms with Crippen LogP contribution in [-0.2, 0) is 24.2 Å².